The van der Waals surface area contributed by atoms with Crippen molar-refractivity contribution in [3.05, 3.63) is 0 Å². The normalized spacial score (nSPS) is 54.8. The SMILES string of the molecule is CC1(C)O[C@H]2CC3C4CC(=O)C3C(C4)C[C@H]2O1. The van der Waals surface area contributed by atoms with Crippen molar-refractivity contribution in [1.29, 1.82) is 0 Å². The van der Waals surface area contributed by atoms with Gasteiger partial charge in [0.05, 0.1) is 12.2 Å². The zero-order chi connectivity index (χ0) is 11.8. The van der Waals surface area contributed by atoms with Crippen molar-refractivity contribution >= 4 is 5.78 Å². The highest BCUT2D eigenvalue weighted by molar-refractivity contribution is 5.85. The van der Waals surface area contributed by atoms with E-state index < -0.39 is 5.79 Å². The van der Waals surface area contributed by atoms with E-state index in [4.69, 9.17) is 9.47 Å². The molecule has 1 heterocycles. The van der Waals surface area contributed by atoms with Gasteiger partial charge < -0.3 is 9.47 Å². The Morgan fingerprint density at radius 3 is 2.53 bits per heavy atom. The van der Waals surface area contributed by atoms with Gasteiger partial charge in [0.25, 0.3) is 0 Å². The van der Waals surface area contributed by atoms with Crippen molar-refractivity contribution in [3.8, 4) is 0 Å². The number of fused-ring (bicyclic) bond motifs is 1. The number of carbonyl (C=O) groups excluding carboxylic acids is 1. The average Bonchev–Trinajstić information content (AvgIpc) is 2.72. The van der Waals surface area contributed by atoms with Crippen molar-refractivity contribution in [1.82, 2.24) is 0 Å². The Morgan fingerprint density at radius 2 is 1.76 bits per heavy atom. The van der Waals surface area contributed by atoms with Crippen LogP contribution in [0.4, 0.5) is 0 Å². The summed E-state index contributed by atoms with van der Waals surface area (Å²) < 4.78 is 12.0. The van der Waals surface area contributed by atoms with Crippen LogP contribution in [0.5, 0.6) is 0 Å². The Balaban J connectivity index is 1.64. The van der Waals surface area contributed by atoms with Crippen LogP contribution in [0.1, 0.15) is 39.5 Å². The smallest absolute Gasteiger partial charge is 0.163 e. The second kappa shape index (κ2) is 3.12. The summed E-state index contributed by atoms with van der Waals surface area (Å²) in [5.41, 5.74) is 0. The van der Waals surface area contributed by atoms with Gasteiger partial charge in [0.1, 0.15) is 5.78 Å². The molecule has 4 fully saturated rings. The fraction of sp³-hybridized carbons (Fsp3) is 0.929. The highest BCUT2D eigenvalue weighted by Gasteiger charge is 2.58. The summed E-state index contributed by atoms with van der Waals surface area (Å²) in [5, 5.41) is 0. The third-order valence-electron chi connectivity index (χ3n) is 5.34. The first-order valence-electron chi connectivity index (χ1n) is 6.92. The fourth-order valence-electron chi connectivity index (χ4n) is 4.94. The third-order valence-corrected chi connectivity index (χ3v) is 5.34. The maximum atomic E-state index is 12.0. The molecule has 1 aliphatic heterocycles. The highest BCUT2D eigenvalue weighted by Crippen LogP contribution is 2.57. The number of Topliss-reactive ketones (excluding diaryl/α,β-unsaturated/α-hetero) is 1. The molecule has 0 spiro atoms. The van der Waals surface area contributed by atoms with E-state index >= 15 is 0 Å². The standard InChI is InChI=1S/C14H20O3/c1-14(2)16-11-5-8-3-7-4-10(15)13(8)9(7)6-12(11)17-14/h7-9,11-13H,3-6H2,1-2H3/t7?,8?,9?,11-,12+,13?/m1/s1. The zero-order valence-electron chi connectivity index (χ0n) is 10.5. The first kappa shape index (κ1) is 10.5. The van der Waals surface area contributed by atoms with Gasteiger partial charge in [-0.3, -0.25) is 4.79 Å². The first-order valence-corrected chi connectivity index (χ1v) is 6.92. The van der Waals surface area contributed by atoms with E-state index in [1.807, 2.05) is 13.8 Å². The number of hydrogen-bond donors (Lipinski definition) is 0. The Labute approximate surface area is 102 Å². The number of ketones is 1. The van der Waals surface area contributed by atoms with Gasteiger partial charge in [-0.25, -0.2) is 0 Å². The molecule has 0 aromatic rings. The summed E-state index contributed by atoms with van der Waals surface area (Å²) in [7, 11) is 0. The lowest BCUT2D eigenvalue weighted by Gasteiger charge is -2.24. The summed E-state index contributed by atoms with van der Waals surface area (Å²) in [5.74, 6) is 2.29. The predicted molar refractivity (Wildman–Crippen MR) is 61.3 cm³/mol. The zero-order valence-corrected chi connectivity index (χ0v) is 10.5. The fourth-order valence-corrected chi connectivity index (χ4v) is 4.94. The van der Waals surface area contributed by atoms with Gasteiger partial charge in [0.2, 0.25) is 0 Å². The lowest BCUT2D eigenvalue weighted by atomic mass is 9.84. The van der Waals surface area contributed by atoms with E-state index in [0.717, 1.165) is 19.3 Å². The van der Waals surface area contributed by atoms with Gasteiger partial charge in [0, 0.05) is 12.3 Å². The summed E-state index contributed by atoms with van der Waals surface area (Å²) in [6.45, 7) is 4.01. The molecule has 0 radical (unpaired) electrons. The number of carbonyl (C=O) groups is 1. The molecule has 4 aliphatic rings. The van der Waals surface area contributed by atoms with E-state index in [9.17, 15) is 4.79 Å². The summed E-state index contributed by atoms with van der Waals surface area (Å²) >= 11 is 0. The molecular formula is C14H20O3. The maximum Gasteiger partial charge on any atom is 0.163 e. The summed E-state index contributed by atoms with van der Waals surface area (Å²) in [6, 6.07) is 0. The molecule has 3 heteroatoms. The minimum absolute atomic E-state index is 0.231. The maximum absolute atomic E-state index is 12.0. The molecule has 17 heavy (non-hydrogen) atoms. The highest BCUT2D eigenvalue weighted by atomic mass is 16.7. The van der Waals surface area contributed by atoms with Gasteiger partial charge in [-0.15, -0.1) is 0 Å². The number of ether oxygens (including phenoxy) is 2. The van der Waals surface area contributed by atoms with Crippen LogP contribution in [-0.2, 0) is 14.3 Å². The molecule has 6 atom stereocenters. The number of hydrogen-bond acceptors (Lipinski definition) is 3. The van der Waals surface area contributed by atoms with E-state index in [1.54, 1.807) is 0 Å². The number of rotatable bonds is 0. The molecule has 1 saturated heterocycles. The van der Waals surface area contributed by atoms with Gasteiger partial charge in [0.15, 0.2) is 5.79 Å². The minimum Gasteiger partial charge on any atom is -0.345 e. The first-order chi connectivity index (χ1) is 8.03. The molecule has 4 rings (SSSR count). The van der Waals surface area contributed by atoms with Crippen LogP contribution in [-0.4, -0.2) is 23.8 Å². The van der Waals surface area contributed by atoms with Crippen molar-refractivity contribution in [2.75, 3.05) is 0 Å². The Hall–Kier alpha value is -0.410. The quantitative estimate of drug-likeness (QED) is 0.646. The molecule has 0 aromatic carbocycles. The Bertz CT molecular complexity index is 376. The van der Waals surface area contributed by atoms with Crippen LogP contribution in [0.15, 0.2) is 0 Å². The third kappa shape index (κ3) is 1.39. The molecule has 3 nitrogen and oxygen atoms in total. The molecular weight excluding hydrogens is 216 g/mol. The average molecular weight is 236 g/mol. The van der Waals surface area contributed by atoms with Gasteiger partial charge in [-0.2, -0.15) is 0 Å². The molecule has 4 bridgehead atoms. The Morgan fingerprint density at radius 1 is 1.06 bits per heavy atom. The predicted octanol–water partition coefficient (Wildman–Crippen LogP) is 2.14. The van der Waals surface area contributed by atoms with Crippen LogP contribution in [0.3, 0.4) is 0 Å². The van der Waals surface area contributed by atoms with Crippen molar-refractivity contribution < 1.29 is 14.3 Å². The monoisotopic (exact) mass is 236 g/mol. The second-order valence-electron chi connectivity index (χ2n) is 6.80. The van der Waals surface area contributed by atoms with Crippen molar-refractivity contribution in [2.45, 2.75) is 57.5 Å². The molecule has 0 N–H and O–H groups in total. The van der Waals surface area contributed by atoms with Crippen LogP contribution in [0, 0.1) is 23.7 Å². The van der Waals surface area contributed by atoms with E-state index in [0.29, 0.717) is 29.5 Å². The second-order valence-corrected chi connectivity index (χ2v) is 6.80. The van der Waals surface area contributed by atoms with Gasteiger partial charge >= 0.3 is 0 Å². The van der Waals surface area contributed by atoms with Gasteiger partial charge in [-0.05, 0) is 50.9 Å². The van der Waals surface area contributed by atoms with Gasteiger partial charge in [-0.1, -0.05) is 0 Å². The topological polar surface area (TPSA) is 35.5 Å². The van der Waals surface area contributed by atoms with E-state index in [-0.39, 0.29) is 12.2 Å². The summed E-state index contributed by atoms with van der Waals surface area (Å²) in [4.78, 5) is 12.0. The van der Waals surface area contributed by atoms with Crippen LogP contribution >= 0.6 is 0 Å². The van der Waals surface area contributed by atoms with E-state index in [2.05, 4.69) is 0 Å². The van der Waals surface area contributed by atoms with Crippen LogP contribution in [0.2, 0.25) is 0 Å². The van der Waals surface area contributed by atoms with Crippen LogP contribution < -0.4 is 0 Å². The molecule has 3 aliphatic carbocycles. The largest absolute Gasteiger partial charge is 0.345 e. The molecule has 4 unspecified atom stereocenters. The van der Waals surface area contributed by atoms with Crippen molar-refractivity contribution in [3.63, 3.8) is 0 Å². The molecule has 94 valence electrons. The molecule has 0 aromatic heterocycles. The van der Waals surface area contributed by atoms with E-state index in [1.165, 1.54) is 6.42 Å². The minimum atomic E-state index is -0.421. The molecule has 0 amide bonds. The Kier molecular flexibility index (Phi) is 1.93. The lowest BCUT2D eigenvalue weighted by Crippen LogP contribution is -2.28. The van der Waals surface area contributed by atoms with Crippen LogP contribution in [0.25, 0.3) is 0 Å². The molecule has 3 saturated carbocycles. The van der Waals surface area contributed by atoms with Crippen molar-refractivity contribution in [2.24, 2.45) is 23.7 Å². The summed E-state index contributed by atoms with van der Waals surface area (Å²) in [6.07, 6.45) is 4.65. The lowest BCUT2D eigenvalue weighted by molar-refractivity contribution is -0.150.